The minimum Gasteiger partial charge on any atom is -0.390 e. The third kappa shape index (κ3) is 5.03. The molecule has 1 aromatic carbocycles. The van der Waals surface area contributed by atoms with Crippen molar-refractivity contribution < 1.29 is 13.5 Å². The van der Waals surface area contributed by atoms with Crippen LogP contribution in [0.3, 0.4) is 0 Å². The molecule has 2 N–H and O–H groups in total. The van der Waals surface area contributed by atoms with Gasteiger partial charge in [0.2, 0.25) is 0 Å². The SMILES string of the molecule is CN(C)CC(O)CNc1ccc(S(C)(=O)=O)cc1. The topological polar surface area (TPSA) is 69.6 Å². The molecule has 0 aliphatic rings. The van der Waals surface area contributed by atoms with E-state index in [0.29, 0.717) is 18.0 Å². The fraction of sp³-hybridized carbons (Fsp3) is 0.500. The number of hydrogen-bond donors (Lipinski definition) is 2. The van der Waals surface area contributed by atoms with Gasteiger partial charge in [-0.05, 0) is 38.4 Å². The second-order valence-corrected chi connectivity index (χ2v) is 6.61. The van der Waals surface area contributed by atoms with E-state index in [4.69, 9.17) is 0 Å². The summed E-state index contributed by atoms with van der Waals surface area (Å²) < 4.78 is 22.5. The maximum atomic E-state index is 11.3. The quantitative estimate of drug-likeness (QED) is 0.785. The predicted octanol–water partition coefficient (Wildman–Crippen LogP) is 0.424. The van der Waals surface area contributed by atoms with E-state index in [1.54, 1.807) is 24.3 Å². The van der Waals surface area contributed by atoms with E-state index in [2.05, 4.69) is 5.32 Å². The van der Waals surface area contributed by atoms with Gasteiger partial charge in [0.25, 0.3) is 0 Å². The number of likely N-dealkylation sites (N-methyl/N-ethyl adjacent to an activating group) is 1. The lowest BCUT2D eigenvalue weighted by atomic mass is 10.3. The number of benzene rings is 1. The zero-order chi connectivity index (χ0) is 13.8. The van der Waals surface area contributed by atoms with E-state index in [0.717, 1.165) is 5.69 Å². The van der Waals surface area contributed by atoms with E-state index in [1.807, 2.05) is 19.0 Å². The average molecular weight is 272 g/mol. The van der Waals surface area contributed by atoms with Crippen LogP contribution in [0.1, 0.15) is 0 Å². The van der Waals surface area contributed by atoms with Crippen molar-refractivity contribution in [2.75, 3.05) is 38.8 Å². The fourth-order valence-corrected chi connectivity index (χ4v) is 2.17. The van der Waals surface area contributed by atoms with Gasteiger partial charge < -0.3 is 15.3 Å². The molecule has 6 heteroatoms. The summed E-state index contributed by atoms with van der Waals surface area (Å²) in [6.45, 7) is 1.00. The Kier molecular flexibility index (Phi) is 5.13. The molecule has 1 unspecified atom stereocenters. The van der Waals surface area contributed by atoms with Gasteiger partial charge in [0.15, 0.2) is 9.84 Å². The number of nitrogens with one attached hydrogen (secondary N) is 1. The van der Waals surface area contributed by atoms with E-state index >= 15 is 0 Å². The molecule has 0 saturated carbocycles. The molecule has 0 radical (unpaired) electrons. The molecule has 1 atom stereocenters. The normalized spacial score (nSPS) is 13.6. The van der Waals surface area contributed by atoms with Gasteiger partial charge >= 0.3 is 0 Å². The van der Waals surface area contributed by atoms with Crippen molar-refractivity contribution in [1.29, 1.82) is 0 Å². The van der Waals surface area contributed by atoms with Gasteiger partial charge in [0, 0.05) is 25.0 Å². The van der Waals surface area contributed by atoms with Gasteiger partial charge in [-0.15, -0.1) is 0 Å². The first-order valence-corrected chi connectivity index (χ1v) is 7.55. The highest BCUT2D eigenvalue weighted by Crippen LogP contribution is 2.13. The second-order valence-electron chi connectivity index (χ2n) is 4.59. The molecule has 5 nitrogen and oxygen atoms in total. The monoisotopic (exact) mass is 272 g/mol. The molecule has 0 aliphatic carbocycles. The van der Waals surface area contributed by atoms with E-state index < -0.39 is 15.9 Å². The predicted molar refractivity (Wildman–Crippen MR) is 72.6 cm³/mol. The van der Waals surface area contributed by atoms with Crippen LogP contribution in [0.4, 0.5) is 5.69 Å². The molecule has 0 aromatic heterocycles. The molecule has 0 amide bonds. The molecule has 0 aliphatic heterocycles. The van der Waals surface area contributed by atoms with Crippen molar-refractivity contribution in [3.8, 4) is 0 Å². The highest BCUT2D eigenvalue weighted by atomic mass is 32.2. The second kappa shape index (κ2) is 6.17. The fourth-order valence-electron chi connectivity index (χ4n) is 1.54. The minimum absolute atomic E-state index is 0.293. The molecule has 0 bridgehead atoms. The van der Waals surface area contributed by atoms with Crippen LogP contribution in [0.2, 0.25) is 0 Å². The molecular formula is C12H20N2O3S. The van der Waals surface area contributed by atoms with Crippen LogP contribution in [0.25, 0.3) is 0 Å². The maximum Gasteiger partial charge on any atom is 0.175 e. The van der Waals surface area contributed by atoms with Crippen LogP contribution in [0, 0.1) is 0 Å². The van der Waals surface area contributed by atoms with Gasteiger partial charge in [-0.1, -0.05) is 0 Å². The van der Waals surface area contributed by atoms with Crippen molar-refractivity contribution >= 4 is 15.5 Å². The average Bonchev–Trinajstić information content (AvgIpc) is 2.25. The summed E-state index contributed by atoms with van der Waals surface area (Å²) in [5.41, 5.74) is 0.792. The summed E-state index contributed by atoms with van der Waals surface area (Å²) in [5.74, 6) is 0. The first-order chi connectivity index (χ1) is 8.29. The van der Waals surface area contributed by atoms with Crippen molar-refractivity contribution in [3.63, 3.8) is 0 Å². The van der Waals surface area contributed by atoms with Crippen molar-refractivity contribution in [3.05, 3.63) is 24.3 Å². The molecule has 102 valence electrons. The summed E-state index contributed by atoms with van der Waals surface area (Å²) in [7, 11) is 0.635. The highest BCUT2D eigenvalue weighted by Gasteiger charge is 2.07. The number of anilines is 1. The summed E-state index contributed by atoms with van der Waals surface area (Å²) in [6, 6.07) is 6.49. The standard InChI is InChI=1S/C12H20N2O3S/c1-14(2)9-11(15)8-13-10-4-6-12(7-5-10)18(3,16)17/h4-7,11,13,15H,8-9H2,1-3H3. The van der Waals surface area contributed by atoms with Gasteiger partial charge in [-0.2, -0.15) is 0 Å². The Bertz CT molecular complexity index is 469. The van der Waals surface area contributed by atoms with E-state index in [1.165, 1.54) is 6.26 Å². The van der Waals surface area contributed by atoms with Crippen LogP contribution in [0.5, 0.6) is 0 Å². The Hall–Kier alpha value is -1.11. The lowest BCUT2D eigenvalue weighted by Gasteiger charge is -2.17. The Balaban J connectivity index is 2.55. The molecule has 1 aromatic rings. The summed E-state index contributed by atoms with van der Waals surface area (Å²) in [6.07, 6.45) is 0.714. The Labute approximate surface area is 108 Å². The van der Waals surface area contributed by atoms with Crippen molar-refractivity contribution in [2.45, 2.75) is 11.0 Å². The van der Waals surface area contributed by atoms with E-state index in [9.17, 15) is 13.5 Å². The summed E-state index contributed by atoms with van der Waals surface area (Å²) in [5, 5.41) is 12.7. The Morgan fingerprint density at radius 1 is 1.28 bits per heavy atom. The van der Waals surface area contributed by atoms with Crippen LogP contribution in [0.15, 0.2) is 29.2 Å². The molecule has 18 heavy (non-hydrogen) atoms. The smallest absolute Gasteiger partial charge is 0.175 e. The minimum atomic E-state index is -3.15. The van der Waals surface area contributed by atoms with Crippen LogP contribution in [-0.2, 0) is 9.84 Å². The molecule has 0 spiro atoms. The Morgan fingerprint density at radius 2 is 1.83 bits per heavy atom. The summed E-state index contributed by atoms with van der Waals surface area (Å²) in [4.78, 5) is 2.20. The first kappa shape index (κ1) is 14.9. The molecule has 0 fully saturated rings. The van der Waals surface area contributed by atoms with E-state index in [-0.39, 0.29) is 0 Å². The number of aliphatic hydroxyl groups is 1. The Morgan fingerprint density at radius 3 is 2.28 bits per heavy atom. The molecular weight excluding hydrogens is 252 g/mol. The van der Waals surface area contributed by atoms with Gasteiger partial charge in [-0.25, -0.2) is 8.42 Å². The van der Waals surface area contributed by atoms with Gasteiger partial charge in [0.05, 0.1) is 11.0 Å². The van der Waals surface area contributed by atoms with Crippen LogP contribution >= 0.6 is 0 Å². The largest absolute Gasteiger partial charge is 0.390 e. The van der Waals surface area contributed by atoms with Gasteiger partial charge in [0.1, 0.15) is 0 Å². The van der Waals surface area contributed by atoms with Crippen molar-refractivity contribution in [2.24, 2.45) is 0 Å². The lowest BCUT2D eigenvalue weighted by molar-refractivity contribution is 0.148. The van der Waals surface area contributed by atoms with Gasteiger partial charge in [-0.3, -0.25) is 0 Å². The number of nitrogens with zero attached hydrogens (tertiary/aromatic N) is 1. The molecule has 0 heterocycles. The highest BCUT2D eigenvalue weighted by molar-refractivity contribution is 7.90. The first-order valence-electron chi connectivity index (χ1n) is 5.66. The maximum absolute atomic E-state index is 11.3. The van der Waals surface area contributed by atoms with Crippen LogP contribution < -0.4 is 5.32 Å². The number of rotatable bonds is 6. The van der Waals surface area contributed by atoms with Crippen LogP contribution in [-0.4, -0.2) is 58.0 Å². The zero-order valence-electron chi connectivity index (χ0n) is 10.9. The third-order valence-corrected chi connectivity index (χ3v) is 3.53. The number of sulfone groups is 1. The number of aliphatic hydroxyl groups excluding tert-OH is 1. The lowest BCUT2D eigenvalue weighted by Crippen LogP contribution is -2.31. The molecule has 1 rings (SSSR count). The summed E-state index contributed by atoms with van der Waals surface area (Å²) >= 11 is 0. The zero-order valence-corrected chi connectivity index (χ0v) is 11.7. The third-order valence-electron chi connectivity index (χ3n) is 2.40. The number of hydrogen-bond acceptors (Lipinski definition) is 5. The van der Waals surface area contributed by atoms with Crippen molar-refractivity contribution in [1.82, 2.24) is 4.90 Å². The molecule has 0 saturated heterocycles.